The zero-order valence-electron chi connectivity index (χ0n) is 17.6. The van der Waals surface area contributed by atoms with Gasteiger partial charge in [-0.05, 0) is 94.9 Å². The molecule has 1 fully saturated rings. The predicted octanol–water partition coefficient (Wildman–Crippen LogP) is 5.32. The SMILES string of the molecule is CC.Cc1cc(Br)c[nH]1.O=CNCCc1ccc(OCCN2CCCC2)c(Br)c1. The highest BCUT2D eigenvalue weighted by molar-refractivity contribution is 9.10. The minimum absolute atomic E-state index is 0.658. The number of halogens is 2. The third kappa shape index (κ3) is 10.9. The second-order valence-electron chi connectivity index (χ2n) is 6.48. The summed E-state index contributed by atoms with van der Waals surface area (Å²) in [5.74, 6) is 0.885. The Bertz CT molecular complexity index is 685. The van der Waals surface area contributed by atoms with Crippen LogP contribution in [0.2, 0.25) is 0 Å². The molecule has 0 aliphatic carbocycles. The molecule has 0 bridgehead atoms. The molecule has 1 aromatic heterocycles. The molecule has 1 aliphatic rings. The number of nitrogens with zero attached hydrogens (tertiary/aromatic N) is 1. The third-order valence-electron chi connectivity index (χ3n) is 4.29. The Balaban J connectivity index is 0.000000390. The van der Waals surface area contributed by atoms with Gasteiger partial charge in [0.05, 0.1) is 4.47 Å². The number of ether oxygens (including phenoxy) is 1. The van der Waals surface area contributed by atoms with E-state index in [0.29, 0.717) is 6.54 Å². The van der Waals surface area contributed by atoms with Gasteiger partial charge in [0.1, 0.15) is 12.4 Å². The maximum atomic E-state index is 10.2. The van der Waals surface area contributed by atoms with Gasteiger partial charge >= 0.3 is 0 Å². The van der Waals surface area contributed by atoms with Crippen LogP contribution in [0.3, 0.4) is 0 Å². The number of nitrogens with one attached hydrogen (secondary N) is 2. The molecular weight excluding hydrogens is 498 g/mol. The normalized spacial score (nSPS) is 13.0. The number of rotatable bonds is 8. The molecule has 1 aromatic carbocycles. The van der Waals surface area contributed by atoms with Crippen LogP contribution in [0.1, 0.15) is 37.9 Å². The van der Waals surface area contributed by atoms with Crippen LogP contribution in [0, 0.1) is 6.92 Å². The maximum Gasteiger partial charge on any atom is 0.207 e. The highest BCUT2D eigenvalue weighted by Crippen LogP contribution is 2.26. The molecule has 2 N–H and O–H groups in total. The monoisotopic (exact) mass is 529 g/mol. The molecule has 5 nitrogen and oxygen atoms in total. The quantitative estimate of drug-likeness (QED) is 0.358. The molecule has 1 saturated heterocycles. The summed E-state index contributed by atoms with van der Waals surface area (Å²) in [6.07, 6.45) is 6.09. The van der Waals surface area contributed by atoms with Crippen LogP contribution in [0.5, 0.6) is 5.75 Å². The third-order valence-corrected chi connectivity index (χ3v) is 5.37. The van der Waals surface area contributed by atoms with Gasteiger partial charge in [0.15, 0.2) is 0 Å². The zero-order chi connectivity index (χ0) is 21.5. The number of benzene rings is 1. The standard InChI is InChI=1S/C15H21BrN2O2.C5H6BrN.C2H6/c16-14-11-13(5-6-17-12-19)3-4-15(14)20-10-9-18-7-1-2-8-18;1-4-2-5(6)3-7-4;1-2/h3-4,11-12H,1-2,5-10H2,(H,17,19);2-3,7H,1H3;1-2H3. The minimum Gasteiger partial charge on any atom is -0.491 e. The number of aryl methyl sites for hydroxylation is 1. The van der Waals surface area contributed by atoms with Crippen molar-refractivity contribution < 1.29 is 9.53 Å². The molecular formula is C22H33Br2N3O2. The van der Waals surface area contributed by atoms with Crippen LogP contribution in [0.4, 0.5) is 0 Å². The molecule has 7 heteroatoms. The first-order chi connectivity index (χ1) is 14.1. The summed E-state index contributed by atoms with van der Waals surface area (Å²) >= 11 is 6.84. The van der Waals surface area contributed by atoms with Crippen LogP contribution in [-0.4, -0.2) is 49.1 Å². The number of hydrogen-bond acceptors (Lipinski definition) is 3. The topological polar surface area (TPSA) is 57.4 Å². The van der Waals surface area contributed by atoms with E-state index in [-0.39, 0.29) is 0 Å². The van der Waals surface area contributed by atoms with Crippen molar-refractivity contribution in [2.45, 2.75) is 40.0 Å². The van der Waals surface area contributed by atoms with E-state index in [1.165, 1.54) is 37.2 Å². The van der Waals surface area contributed by atoms with Crippen molar-refractivity contribution in [1.82, 2.24) is 15.2 Å². The van der Waals surface area contributed by atoms with Gasteiger partial charge < -0.3 is 15.0 Å². The smallest absolute Gasteiger partial charge is 0.207 e. The second kappa shape index (κ2) is 15.5. The number of likely N-dealkylation sites (tertiary alicyclic amines) is 1. The summed E-state index contributed by atoms with van der Waals surface area (Å²) in [5.41, 5.74) is 2.37. The average molecular weight is 531 g/mol. The van der Waals surface area contributed by atoms with Crippen molar-refractivity contribution in [3.63, 3.8) is 0 Å². The number of aromatic nitrogens is 1. The summed E-state index contributed by atoms with van der Waals surface area (Å²) < 4.78 is 7.91. The number of carbonyl (C=O) groups excluding carboxylic acids is 1. The number of H-pyrrole nitrogens is 1. The van der Waals surface area contributed by atoms with Gasteiger partial charge in [0.2, 0.25) is 6.41 Å². The molecule has 1 amide bonds. The molecule has 0 spiro atoms. The van der Waals surface area contributed by atoms with Gasteiger partial charge in [-0.25, -0.2) is 0 Å². The summed E-state index contributed by atoms with van der Waals surface area (Å²) in [6, 6.07) is 8.12. The highest BCUT2D eigenvalue weighted by atomic mass is 79.9. The lowest BCUT2D eigenvalue weighted by atomic mass is 10.1. The van der Waals surface area contributed by atoms with E-state index in [1.54, 1.807) is 0 Å². The molecule has 1 aliphatic heterocycles. The van der Waals surface area contributed by atoms with Crippen molar-refractivity contribution in [2.75, 3.05) is 32.8 Å². The molecule has 0 atom stereocenters. The number of carbonyl (C=O) groups is 1. The first-order valence-electron chi connectivity index (χ1n) is 10.2. The second-order valence-corrected chi connectivity index (χ2v) is 8.25. The molecule has 0 saturated carbocycles. The van der Waals surface area contributed by atoms with E-state index in [1.807, 2.05) is 45.2 Å². The summed E-state index contributed by atoms with van der Waals surface area (Å²) in [6.45, 7) is 10.8. The van der Waals surface area contributed by atoms with Crippen molar-refractivity contribution in [1.29, 1.82) is 0 Å². The van der Waals surface area contributed by atoms with Crippen LogP contribution in [-0.2, 0) is 11.2 Å². The van der Waals surface area contributed by atoms with Crippen LogP contribution < -0.4 is 10.1 Å². The molecule has 3 rings (SSSR count). The van der Waals surface area contributed by atoms with E-state index in [0.717, 1.165) is 40.7 Å². The Morgan fingerprint density at radius 1 is 1.21 bits per heavy atom. The summed E-state index contributed by atoms with van der Waals surface area (Å²) in [5, 5.41) is 2.66. The van der Waals surface area contributed by atoms with Crippen molar-refractivity contribution in [2.24, 2.45) is 0 Å². The number of amides is 1. The molecule has 0 radical (unpaired) electrons. The van der Waals surface area contributed by atoms with Crippen LogP contribution in [0.15, 0.2) is 39.4 Å². The Morgan fingerprint density at radius 3 is 2.45 bits per heavy atom. The lowest BCUT2D eigenvalue weighted by Crippen LogP contribution is -2.25. The predicted molar refractivity (Wildman–Crippen MR) is 128 cm³/mol. The molecule has 29 heavy (non-hydrogen) atoms. The van der Waals surface area contributed by atoms with Crippen molar-refractivity contribution in [3.05, 3.63) is 50.7 Å². The average Bonchev–Trinajstić information content (AvgIpc) is 3.37. The van der Waals surface area contributed by atoms with E-state index in [9.17, 15) is 4.79 Å². The minimum atomic E-state index is 0.658. The lowest BCUT2D eigenvalue weighted by Gasteiger charge is -2.15. The van der Waals surface area contributed by atoms with E-state index in [4.69, 9.17) is 4.74 Å². The first kappa shape index (κ1) is 25.7. The molecule has 2 heterocycles. The Kier molecular flexibility index (Phi) is 13.8. The molecule has 2 aromatic rings. The van der Waals surface area contributed by atoms with Crippen molar-refractivity contribution >= 4 is 38.3 Å². The molecule has 0 unspecified atom stereocenters. The summed E-state index contributed by atoms with van der Waals surface area (Å²) in [4.78, 5) is 15.7. The van der Waals surface area contributed by atoms with E-state index >= 15 is 0 Å². The van der Waals surface area contributed by atoms with Crippen molar-refractivity contribution in [3.8, 4) is 5.75 Å². The fraction of sp³-hybridized carbons (Fsp3) is 0.500. The Hall–Kier alpha value is -1.31. The Labute approximate surface area is 191 Å². The first-order valence-corrected chi connectivity index (χ1v) is 11.8. The van der Waals surface area contributed by atoms with Gasteiger partial charge in [0, 0.05) is 29.5 Å². The van der Waals surface area contributed by atoms with Gasteiger partial charge in [-0.15, -0.1) is 0 Å². The highest BCUT2D eigenvalue weighted by Gasteiger charge is 2.11. The number of aromatic amines is 1. The molecule has 162 valence electrons. The number of hydrogen-bond donors (Lipinski definition) is 2. The van der Waals surface area contributed by atoms with E-state index < -0.39 is 0 Å². The summed E-state index contributed by atoms with van der Waals surface area (Å²) in [7, 11) is 0. The fourth-order valence-electron chi connectivity index (χ4n) is 2.86. The largest absolute Gasteiger partial charge is 0.491 e. The van der Waals surface area contributed by atoms with Gasteiger partial charge in [-0.3, -0.25) is 9.69 Å². The lowest BCUT2D eigenvalue weighted by molar-refractivity contribution is -0.109. The maximum absolute atomic E-state index is 10.2. The fourth-order valence-corrected chi connectivity index (χ4v) is 3.85. The van der Waals surface area contributed by atoms with Gasteiger partial charge in [-0.1, -0.05) is 19.9 Å². The van der Waals surface area contributed by atoms with Crippen LogP contribution >= 0.6 is 31.9 Å². The van der Waals surface area contributed by atoms with E-state index in [2.05, 4.69) is 53.1 Å². The van der Waals surface area contributed by atoms with Crippen LogP contribution in [0.25, 0.3) is 0 Å². The zero-order valence-corrected chi connectivity index (χ0v) is 20.8. The van der Waals surface area contributed by atoms with Gasteiger partial charge in [-0.2, -0.15) is 0 Å². The van der Waals surface area contributed by atoms with Gasteiger partial charge in [0.25, 0.3) is 0 Å². The Morgan fingerprint density at radius 2 is 1.93 bits per heavy atom.